The third-order valence-corrected chi connectivity index (χ3v) is 2.86. The van der Waals surface area contributed by atoms with Gasteiger partial charge in [-0.15, -0.1) is 0 Å². The zero-order valence-electron chi connectivity index (χ0n) is 9.69. The zero-order valence-corrected chi connectivity index (χ0v) is 9.69. The Hall–Kier alpha value is -2.37. The van der Waals surface area contributed by atoms with E-state index in [1.165, 1.54) is 6.92 Å². The van der Waals surface area contributed by atoms with Gasteiger partial charge in [0.25, 0.3) is 5.91 Å². The van der Waals surface area contributed by atoms with Crippen molar-refractivity contribution in [2.24, 2.45) is 0 Å². The van der Waals surface area contributed by atoms with Crippen LogP contribution in [0.3, 0.4) is 0 Å². The average Bonchev–Trinajstić information content (AvgIpc) is 2.29. The van der Waals surface area contributed by atoms with Crippen LogP contribution < -0.4 is 10.6 Å². The van der Waals surface area contributed by atoms with Crippen LogP contribution in [0.1, 0.15) is 12.5 Å². The van der Waals surface area contributed by atoms with Crippen LogP contribution in [-0.4, -0.2) is 28.4 Å². The first-order valence-corrected chi connectivity index (χ1v) is 5.37. The standard InChI is InChI=1S/C12H12N2O4/c1-7(15)14-12(11(17)18)6-8-4-2-3-5-9(8)13-10(12)16/h2-5H,6H2,1H3,(H,13,16)(H,14,15)(H,17,18). The van der Waals surface area contributed by atoms with Gasteiger partial charge in [-0.3, -0.25) is 9.59 Å². The van der Waals surface area contributed by atoms with E-state index < -0.39 is 23.3 Å². The van der Waals surface area contributed by atoms with Crippen LogP contribution in [-0.2, 0) is 20.8 Å². The number of hydrogen-bond acceptors (Lipinski definition) is 3. The molecule has 0 bridgehead atoms. The van der Waals surface area contributed by atoms with Crippen molar-refractivity contribution in [3.05, 3.63) is 29.8 Å². The van der Waals surface area contributed by atoms with Gasteiger partial charge in [-0.05, 0) is 11.6 Å². The third kappa shape index (κ3) is 1.81. The second-order valence-corrected chi connectivity index (χ2v) is 4.18. The molecule has 0 spiro atoms. The molecule has 1 atom stereocenters. The molecular weight excluding hydrogens is 236 g/mol. The van der Waals surface area contributed by atoms with Crippen molar-refractivity contribution in [1.29, 1.82) is 0 Å². The number of anilines is 1. The number of rotatable bonds is 2. The minimum atomic E-state index is -1.93. The molecule has 6 nitrogen and oxygen atoms in total. The van der Waals surface area contributed by atoms with Gasteiger partial charge in [0, 0.05) is 19.0 Å². The summed E-state index contributed by atoms with van der Waals surface area (Å²) in [7, 11) is 0. The van der Waals surface area contributed by atoms with E-state index in [1.807, 2.05) is 0 Å². The number of carboxylic acid groups (broad SMARTS) is 1. The van der Waals surface area contributed by atoms with Crippen LogP contribution in [0.25, 0.3) is 0 Å². The van der Waals surface area contributed by atoms with E-state index in [4.69, 9.17) is 0 Å². The predicted molar refractivity (Wildman–Crippen MR) is 63.0 cm³/mol. The van der Waals surface area contributed by atoms with E-state index >= 15 is 0 Å². The summed E-state index contributed by atoms with van der Waals surface area (Å²) in [6, 6.07) is 6.89. The molecule has 1 aliphatic heterocycles. The Morgan fingerprint density at radius 3 is 2.67 bits per heavy atom. The Labute approximate surface area is 103 Å². The quantitative estimate of drug-likeness (QED) is 0.649. The van der Waals surface area contributed by atoms with E-state index in [0.717, 1.165) is 0 Å². The highest BCUT2D eigenvalue weighted by atomic mass is 16.4. The highest BCUT2D eigenvalue weighted by molar-refractivity contribution is 6.16. The van der Waals surface area contributed by atoms with E-state index in [2.05, 4.69) is 10.6 Å². The first kappa shape index (κ1) is 12.1. The number of amides is 2. The summed E-state index contributed by atoms with van der Waals surface area (Å²) >= 11 is 0. The lowest BCUT2D eigenvalue weighted by Crippen LogP contribution is -2.64. The topological polar surface area (TPSA) is 95.5 Å². The Bertz CT molecular complexity index is 541. The van der Waals surface area contributed by atoms with Crippen molar-refractivity contribution >= 4 is 23.5 Å². The summed E-state index contributed by atoms with van der Waals surface area (Å²) in [5.41, 5.74) is -0.682. The van der Waals surface area contributed by atoms with Crippen LogP contribution in [0.2, 0.25) is 0 Å². The molecule has 6 heteroatoms. The molecular formula is C12H12N2O4. The lowest BCUT2D eigenvalue weighted by molar-refractivity contribution is -0.152. The monoisotopic (exact) mass is 248 g/mol. The van der Waals surface area contributed by atoms with Crippen molar-refractivity contribution in [2.75, 3.05) is 5.32 Å². The Morgan fingerprint density at radius 2 is 2.06 bits per heavy atom. The smallest absolute Gasteiger partial charge is 0.339 e. The number of benzene rings is 1. The molecule has 1 heterocycles. The molecule has 94 valence electrons. The summed E-state index contributed by atoms with van der Waals surface area (Å²) in [5, 5.41) is 14.0. The van der Waals surface area contributed by atoms with E-state index in [1.54, 1.807) is 24.3 Å². The van der Waals surface area contributed by atoms with Gasteiger partial charge in [0.15, 0.2) is 0 Å². The SMILES string of the molecule is CC(=O)NC1(C(=O)O)Cc2ccccc2NC1=O. The zero-order chi connectivity index (χ0) is 13.3. The molecule has 0 aliphatic carbocycles. The molecule has 1 aromatic carbocycles. The molecule has 0 saturated heterocycles. The molecule has 1 aromatic rings. The predicted octanol–water partition coefficient (Wildman–Crippen LogP) is 0.141. The van der Waals surface area contributed by atoms with Crippen molar-refractivity contribution in [1.82, 2.24) is 5.32 Å². The molecule has 1 unspecified atom stereocenters. The van der Waals surface area contributed by atoms with Crippen LogP contribution >= 0.6 is 0 Å². The van der Waals surface area contributed by atoms with Crippen LogP contribution in [0.15, 0.2) is 24.3 Å². The van der Waals surface area contributed by atoms with Crippen molar-refractivity contribution in [3.63, 3.8) is 0 Å². The largest absolute Gasteiger partial charge is 0.479 e. The lowest BCUT2D eigenvalue weighted by Gasteiger charge is -2.33. The molecule has 2 rings (SSSR count). The van der Waals surface area contributed by atoms with Crippen molar-refractivity contribution in [3.8, 4) is 0 Å². The third-order valence-electron chi connectivity index (χ3n) is 2.86. The normalized spacial score (nSPS) is 21.7. The molecule has 1 aliphatic rings. The summed E-state index contributed by atoms with van der Waals surface area (Å²) in [6.45, 7) is 1.18. The minimum Gasteiger partial charge on any atom is -0.479 e. The number of aliphatic carboxylic acids is 1. The average molecular weight is 248 g/mol. The summed E-state index contributed by atoms with van der Waals surface area (Å²) in [5.74, 6) is -2.67. The second kappa shape index (κ2) is 4.14. The first-order chi connectivity index (χ1) is 8.45. The minimum absolute atomic E-state index is 0.0656. The number of carbonyl (C=O) groups excluding carboxylic acids is 2. The molecule has 18 heavy (non-hydrogen) atoms. The molecule has 0 aromatic heterocycles. The Morgan fingerprint density at radius 1 is 1.39 bits per heavy atom. The van der Waals surface area contributed by atoms with Gasteiger partial charge in [-0.25, -0.2) is 4.79 Å². The highest BCUT2D eigenvalue weighted by Gasteiger charge is 2.50. The molecule has 0 radical (unpaired) electrons. The van der Waals surface area contributed by atoms with Gasteiger partial charge in [-0.1, -0.05) is 18.2 Å². The molecule has 0 saturated carbocycles. The van der Waals surface area contributed by atoms with Crippen LogP contribution in [0, 0.1) is 0 Å². The van der Waals surface area contributed by atoms with Crippen LogP contribution in [0.5, 0.6) is 0 Å². The second-order valence-electron chi connectivity index (χ2n) is 4.18. The number of fused-ring (bicyclic) bond motifs is 1. The fourth-order valence-electron chi connectivity index (χ4n) is 2.02. The first-order valence-electron chi connectivity index (χ1n) is 5.37. The molecule has 0 fully saturated rings. The van der Waals surface area contributed by atoms with Gasteiger partial charge in [0.05, 0.1) is 0 Å². The van der Waals surface area contributed by atoms with Gasteiger partial charge < -0.3 is 15.7 Å². The summed E-state index contributed by atoms with van der Waals surface area (Å²) in [6.07, 6.45) is -0.0656. The van der Waals surface area contributed by atoms with Gasteiger partial charge in [-0.2, -0.15) is 0 Å². The van der Waals surface area contributed by atoms with Gasteiger partial charge >= 0.3 is 5.97 Å². The van der Waals surface area contributed by atoms with Gasteiger partial charge in [0.2, 0.25) is 11.4 Å². The van der Waals surface area contributed by atoms with Crippen molar-refractivity contribution in [2.45, 2.75) is 18.9 Å². The number of carbonyl (C=O) groups is 3. The van der Waals surface area contributed by atoms with E-state index in [9.17, 15) is 19.5 Å². The number of carboxylic acids is 1. The van der Waals surface area contributed by atoms with E-state index in [-0.39, 0.29) is 6.42 Å². The van der Waals surface area contributed by atoms with Gasteiger partial charge in [0.1, 0.15) is 0 Å². The van der Waals surface area contributed by atoms with E-state index in [0.29, 0.717) is 11.3 Å². The fourth-order valence-corrected chi connectivity index (χ4v) is 2.02. The summed E-state index contributed by atoms with van der Waals surface area (Å²) in [4.78, 5) is 34.4. The molecule has 3 N–H and O–H groups in total. The summed E-state index contributed by atoms with van der Waals surface area (Å²) < 4.78 is 0. The number of hydrogen-bond donors (Lipinski definition) is 3. The lowest BCUT2D eigenvalue weighted by atomic mass is 9.85. The highest BCUT2D eigenvalue weighted by Crippen LogP contribution is 2.28. The maximum atomic E-state index is 11.9. The van der Waals surface area contributed by atoms with Crippen molar-refractivity contribution < 1.29 is 19.5 Å². The Kier molecular flexibility index (Phi) is 2.78. The van der Waals surface area contributed by atoms with Crippen LogP contribution in [0.4, 0.5) is 5.69 Å². The number of para-hydroxylation sites is 1. The number of nitrogens with one attached hydrogen (secondary N) is 2. The fraction of sp³-hybridized carbons (Fsp3) is 0.250. The molecule has 2 amide bonds. The maximum absolute atomic E-state index is 11.9. The Balaban J connectivity index is 2.47. The maximum Gasteiger partial charge on any atom is 0.339 e.